The Morgan fingerprint density at radius 3 is 2.47 bits per heavy atom. The van der Waals surface area contributed by atoms with E-state index in [-0.39, 0.29) is 0 Å². The third kappa shape index (κ3) is 3.34. The van der Waals surface area contributed by atoms with Gasteiger partial charge in [0.1, 0.15) is 0 Å². The molecule has 0 aliphatic heterocycles. The second-order valence-corrected chi connectivity index (χ2v) is 15.2. The summed E-state index contributed by atoms with van der Waals surface area (Å²) in [4.78, 5) is 8.55. The van der Waals surface area contributed by atoms with Crippen molar-refractivity contribution in [3.05, 3.63) is 48.8 Å². The summed E-state index contributed by atoms with van der Waals surface area (Å²) in [5, 5.41) is 2.22. The fourth-order valence-electron chi connectivity index (χ4n) is 1.63. The van der Waals surface area contributed by atoms with Crippen LogP contribution in [0.1, 0.15) is 0 Å². The maximum atomic E-state index is 4.33. The van der Waals surface area contributed by atoms with Crippen LogP contribution < -0.4 is 0 Å². The van der Waals surface area contributed by atoms with Gasteiger partial charge in [-0.3, -0.25) is 4.98 Å². The molecular formula is C12H7I2N2Pd-. The molecule has 1 aromatic carbocycles. The van der Waals surface area contributed by atoms with Gasteiger partial charge in [0.05, 0.1) is 0 Å². The Hall–Kier alpha value is 0.162. The molecule has 90 valence electrons. The molecule has 0 fully saturated rings. The minimum atomic E-state index is 0.890. The zero-order chi connectivity index (χ0) is 12.1. The van der Waals surface area contributed by atoms with Crippen molar-refractivity contribution in [1.29, 1.82) is 0 Å². The molecule has 0 bridgehead atoms. The van der Waals surface area contributed by atoms with Gasteiger partial charge in [0, 0.05) is 11.7 Å². The number of aromatic nitrogens is 2. The molecule has 0 atom stereocenters. The van der Waals surface area contributed by atoms with Gasteiger partial charge in [0.25, 0.3) is 0 Å². The predicted octanol–water partition coefficient (Wildman–Crippen LogP) is 4.35. The molecular weight excluding hydrogens is 532 g/mol. The topological polar surface area (TPSA) is 25.8 Å². The Balaban J connectivity index is 0.000000329. The fourth-order valence-corrected chi connectivity index (χ4v) is 1.63. The van der Waals surface area contributed by atoms with Crippen LogP contribution in [-0.2, 0) is 10.8 Å². The van der Waals surface area contributed by atoms with E-state index in [2.05, 4.69) is 67.3 Å². The number of benzene rings is 1. The number of halogens is 2. The number of fused-ring (bicyclic) bond motifs is 3. The Labute approximate surface area is 129 Å². The Bertz CT molecular complexity index is 576. The maximum absolute atomic E-state index is 4.33. The molecule has 0 aliphatic rings. The molecule has 0 radical (unpaired) electrons. The van der Waals surface area contributed by atoms with Crippen LogP contribution in [0.3, 0.4) is 0 Å². The second kappa shape index (κ2) is 6.93. The van der Waals surface area contributed by atoms with E-state index in [0.29, 0.717) is 0 Å². The van der Waals surface area contributed by atoms with Gasteiger partial charge in [0.15, 0.2) is 0 Å². The average molecular weight is 539 g/mol. The molecule has 2 heterocycles. The van der Waals surface area contributed by atoms with Crippen LogP contribution in [0.25, 0.3) is 21.8 Å². The summed E-state index contributed by atoms with van der Waals surface area (Å²) in [6.45, 7) is 0. The van der Waals surface area contributed by atoms with Crippen molar-refractivity contribution in [2.24, 2.45) is 0 Å². The minimum absolute atomic E-state index is 0.890. The molecule has 0 aliphatic carbocycles. The summed E-state index contributed by atoms with van der Waals surface area (Å²) in [6, 6.07) is 11.9. The van der Waals surface area contributed by atoms with Gasteiger partial charge in [-0.1, -0.05) is 24.4 Å². The van der Waals surface area contributed by atoms with Crippen molar-refractivity contribution in [2.45, 2.75) is 0 Å². The Morgan fingerprint density at radius 1 is 1.00 bits per heavy atom. The summed E-state index contributed by atoms with van der Waals surface area (Å²) in [6.07, 6.45) is 4.63. The van der Waals surface area contributed by atoms with E-state index in [0.717, 1.165) is 32.6 Å². The maximum Gasteiger partial charge on any atom is 0.0405 e. The molecule has 2 aromatic heterocycles. The molecule has 17 heavy (non-hydrogen) atoms. The van der Waals surface area contributed by atoms with Crippen LogP contribution in [0.15, 0.2) is 42.6 Å². The van der Waals surface area contributed by atoms with Crippen LogP contribution in [0.5, 0.6) is 0 Å². The molecule has 0 amide bonds. The molecule has 0 unspecified atom stereocenters. The van der Waals surface area contributed by atoms with Crippen molar-refractivity contribution in [2.75, 3.05) is 0 Å². The zero-order valence-corrected chi connectivity index (χ0v) is 14.4. The second-order valence-electron chi connectivity index (χ2n) is 3.20. The molecule has 0 saturated heterocycles. The monoisotopic (exact) mass is 539 g/mol. The largest absolute Gasteiger partial charge is 0.384 e. The van der Waals surface area contributed by atoms with Crippen molar-refractivity contribution in [1.82, 2.24) is 9.97 Å². The Kier molecular flexibility index (Phi) is 5.54. The van der Waals surface area contributed by atoms with E-state index < -0.39 is 0 Å². The number of rotatable bonds is 0. The van der Waals surface area contributed by atoms with Gasteiger partial charge in [-0.25, -0.2) is 0 Å². The van der Waals surface area contributed by atoms with E-state index in [9.17, 15) is 0 Å². The first-order valence-corrected chi connectivity index (χ1v) is 13.9. The van der Waals surface area contributed by atoms with Crippen molar-refractivity contribution >= 4 is 60.8 Å². The molecule has 5 heteroatoms. The van der Waals surface area contributed by atoms with Gasteiger partial charge in [0.2, 0.25) is 0 Å². The number of hydrogen-bond donors (Lipinski definition) is 0. The van der Waals surface area contributed by atoms with Crippen LogP contribution in [0.4, 0.5) is 0 Å². The van der Waals surface area contributed by atoms with Crippen LogP contribution in [-0.4, -0.2) is 9.97 Å². The standard InChI is InChI=1S/C12H7N2.2HI.Pd/c1-3-9-5-6-10-4-2-8-14-12(10)11(9)13-7-1;;;/h1-7H;2*1H;/q-1;;;+2/p-2. The first kappa shape index (κ1) is 13.6. The van der Waals surface area contributed by atoms with E-state index in [1.807, 2.05) is 24.3 Å². The zero-order valence-electron chi connectivity index (χ0n) is 8.51. The predicted molar refractivity (Wildman–Crippen MR) is 83.9 cm³/mol. The summed E-state index contributed by atoms with van der Waals surface area (Å²) in [5.74, 6) is 0. The van der Waals surface area contributed by atoms with Crippen molar-refractivity contribution < 1.29 is 10.8 Å². The first-order chi connectivity index (χ1) is 8.36. The van der Waals surface area contributed by atoms with E-state index in [4.69, 9.17) is 0 Å². The summed E-state index contributed by atoms with van der Waals surface area (Å²) >= 11 is 4.65. The van der Waals surface area contributed by atoms with Crippen molar-refractivity contribution in [3.8, 4) is 0 Å². The van der Waals surface area contributed by atoms with E-state index in [1.165, 1.54) is 0 Å². The molecule has 0 saturated carbocycles. The van der Waals surface area contributed by atoms with E-state index >= 15 is 0 Å². The molecule has 3 rings (SSSR count). The third-order valence-corrected chi connectivity index (χ3v) is 2.29. The van der Waals surface area contributed by atoms with Crippen LogP contribution in [0.2, 0.25) is 0 Å². The SMILES string of the molecule is [I][Pd][I].[c-]1ccc2ccc3cccnc3c2n1. The normalized spacial score (nSPS) is 10.2. The van der Waals surface area contributed by atoms with E-state index in [1.54, 1.807) is 6.20 Å². The van der Waals surface area contributed by atoms with Gasteiger partial charge in [-0.15, -0.1) is 5.39 Å². The van der Waals surface area contributed by atoms with Gasteiger partial charge < -0.3 is 4.98 Å². The summed E-state index contributed by atoms with van der Waals surface area (Å²) in [7, 11) is 0.890. The number of pyridine rings is 2. The smallest absolute Gasteiger partial charge is 0.0405 e. The number of nitrogens with zero attached hydrogens (tertiary/aromatic N) is 2. The average Bonchev–Trinajstić information content (AvgIpc) is 2.40. The third-order valence-electron chi connectivity index (χ3n) is 2.29. The van der Waals surface area contributed by atoms with Crippen LogP contribution in [0, 0.1) is 6.20 Å². The van der Waals surface area contributed by atoms with Crippen molar-refractivity contribution in [3.63, 3.8) is 0 Å². The van der Waals surface area contributed by atoms with Gasteiger partial charge in [-0.05, 0) is 17.0 Å². The fraction of sp³-hybridized carbons (Fsp3) is 0. The van der Waals surface area contributed by atoms with Gasteiger partial charge >= 0.3 is 49.8 Å². The molecule has 2 nitrogen and oxygen atoms in total. The van der Waals surface area contributed by atoms with Crippen LogP contribution >= 0.6 is 39.0 Å². The molecule has 0 N–H and O–H groups in total. The first-order valence-electron chi connectivity index (χ1n) is 4.69. The quantitative estimate of drug-likeness (QED) is 0.184. The molecule has 0 spiro atoms. The Morgan fingerprint density at radius 2 is 1.71 bits per heavy atom. The number of hydrogen-bond acceptors (Lipinski definition) is 2. The molecule has 3 aromatic rings. The minimum Gasteiger partial charge on any atom is -0.384 e. The van der Waals surface area contributed by atoms with Gasteiger partial charge in [-0.2, -0.15) is 12.1 Å². The summed E-state index contributed by atoms with van der Waals surface area (Å²) < 4.78 is 0. The summed E-state index contributed by atoms with van der Waals surface area (Å²) in [5.41, 5.74) is 1.87.